The molecule has 2 fully saturated rings. The summed E-state index contributed by atoms with van der Waals surface area (Å²) in [5.74, 6) is -3.78. The van der Waals surface area contributed by atoms with Crippen LogP contribution in [0, 0.1) is 28.5 Å². The quantitative estimate of drug-likeness (QED) is 0.0565. The lowest BCUT2D eigenvalue weighted by Gasteiger charge is -2.31. The van der Waals surface area contributed by atoms with E-state index in [1.165, 1.54) is 106 Å². The Balaban J connectivity index is 1.15. The summed E-state index contributed by atoms with van der Waals surface area (Å²) in [5, 5.41) is 24.1. The highest BCUT2D eigenvalue weighted by Gasteiger charge is 2.67. The molecule has 324 valence electrons. The van der Waals surface area contributed by atoms with Crippen molar-refractivity contribution in [2.75, 3.05) is 19.5 Å². The van der Waals surface area contributed by atoms with E-state index < -0.39 is 49.6 Å². The number of benzene rings is 1. The molecule has 1 aromatic carbocycles. The van der Waals surface area contributed by atoms with Crippen LogP contribution >= 0.6 is 7.82 Å². The molecule has 4 heterocycles. The number of unbranched alkanes of at least 4 members (excludes halogenated alkanes) is 16. The van der Waals surface area contributed by atoms with Crippen molar-refractivity contribution >= 4 is 19.2 Å². The van der Waals surface area contributed by atoms with E-state index >= 15 is 0 Å². The normalized spacial score (nSPS) is 22.5. The Morgan fingerprint density at radius 2 is 1.54 bits per heavy atom. The van der Waals surface area contributed by atoms with Crippen molar-refractivity contribution in [2.24, 2.45) is 0 Å². The lowest BCUT2D eigenvalue weighted by Crippen LogP contribution is -2.44. The SMILES string of the molecule is CCCCCCCCCCCCCCCCCCC[C@H](COP(=O)(OC)O[C@@]1(C#N)O[C@@H](c2ccc3c(N)ncnn23)[C@@H]2OC(C)(C)OC21)Oc1ccc(C#N)c(F)c1. The molecular weight excluding hydrogens is 778 g/mol. The summed E-state index contributed by atoms with van der Waals surface area (Å²) in [6.07, 6.45) is 19.1. The fourth-order valence-electron chi connectivity index (χ4n) is 7.81. The van der Waals surface area contributed by atoms with Gasteiger partial charge < -0.3 is 24.7 Å². The third kappa shape index (κ3) is 12.7. The highest BCUT2D eigenvalue weighted by atomic mass is 31.2. The second-order valence-electron chi connectivity index (χ2n) is 16.0. The number of anilines is 1. The molecule has 5 rings (SSSR count). The molecule has 59 heavy (non-hydrogen) atoms. The zero-order chi connectivity index (χ0) is 42.3. The van der Waals surface area contributed by atoms with Gasteiger partial charge in [-0.2, -0.15) is 15.6 Å². The summed E-state index contributed by atoms with van der Waals surface area (Å²) in [6, 6.07) is 11.2. The van der Waals surface area contributed by atoms with Crippen LogP contribution in [0.2, 0.25) is 0 Å². The van der Waals surface area contributed by atoms with E-state index in [0.717, 1.165) is 38.9 Å². The lowest BCUT2D eigenvalue weighted by atomic mass is 10.0. The van der Waals surface area contributed by atoms with Gasteiger partial charge in [-0.25, -0.2) is 23.0 Å². The van der Waals surface area contributed by atoms with Crippen molar-refractivity contribution in [1.29, 1.82) is 10.5 Å². The summed E-state index contributed by atoms with van der Waals surface area (Å²) in [5.41, 5.74) is 6.93. The number of aromatic nitrogens is 3. The van der Waals surface area contributed by atoms with Crippen molar-refractivity contribution < 1.29 is 41.5 Å². The first-order valence-corrected chi connectivity index (χ1v) is 22.8. The minimum absolute atomic E-state index is 0.115. The Kier molecular flexibility index (Phi) is 17.5. The van der Waals surface area contributed by atoms with E-state index in [-0.39, 0.29) is 23.7 Å². The summed E-state index contributed by atoms with van der Waals surface area (Å²) in [7, 11) is -3.44. The van der Waals surface area contributed by atoms with Crippen molar-refractivity contribution in [2.45, 2.75) is 172 Å². The maximum absolute atomic E-state index is 14.6. The minimum Gasteiger partial charge on any atom is -0.488 e. The molecule has 14 nitrogen and oxygen atoms in total. The van der Waals surface area contributed by atoms with E-state index in [2.05, 4.69) is 17.0 Å². The summed E-state index contributed by atoms with van der Waals surface area (Å²) >= 11 is 0. The van der Waals surface area contributed by atoms with E-state index in [1.54, 1.807) is 32.0 Å². The Labute approximate surface area is 348 Å². The number of hydrogen-bond acceptors (Lipinski definition) is 13. The Morgan fingerprint density at radius 1 is 0.915 bits per heavy atom. The number of phosphoric acid groups is 1. The topological polar surface area (TPSA) is 185 Å². The van der Waals surface area contributed by atoms with Gasteiger partial charge in [0.05, 0.1) is 17.9 Å². The standard InChI is InChI=1S/C43H62FN6O8P/c1-5-6-7-8-9-10-11-12-13-14-15-16-17-18-19-20-21-22-34(54-33-24-23-32(28-45)35(44)27-33)29-53-59(51,52-4)58-43(30-46)40-39(55-42(2,3)57-40)38(56-43)36-25-26-37-41(47)48-31-49-50(36)37/h23-27,31,34,38-40H,5-22,29H2,1-4H3,(H2,47,48,49)/t34-,38+,39+,40?,43-,59?/m1/s1. The molecule has 0 bridgehead atoms. The zero-order valence-corrected chi connectivity index (χ0v) is 36.0. The Morgan fingerprint density at radius 3 is 2.12 bits per heavy atom. The first kappa shape index (κ1) is 46.4. The van der Waals surface area contributed by atoms with Crippen LogP contribution < -0.4 is 10.5 Å². The molecular formula is C43H62FN6O8P. The molecule has 0 spiro atoms. The molecule has 0 aliphatic carbocycles. The van der Waals surface area contributed by atoms with Crippen LogP contribution in [0.3, 0.4) is 0 Å². The van der Waals surface area contributed by atoms with Gasteiger partial charge in [-0.3, -0.25) is 9.05 Å². The number of nitriles is 2. The van der Waals surface area contributed by atoms with E-state index in [0.29, 0.717) is 17.6 Å². The lowest BCUT2D eigenvalue weighted by molar-refractivity contribution is -0.246. The molecule has 3 aromatic rings. The van der Waals surface area contributed by atoms with Crippen LogP contribution in [0.4, 0.5) is 10.2 Å². The van der Waals surface area contributed by atoms with Gasteiger partial charge in [-0.15, -0.1) is 0 Å². The molecule has 0 radical (unpaired) electrons. The number of halogens is 1. The number of rotatable bonds is 27. The number of nitrogens with two attached hydrogens (primary N) is 1. The van der Waals surface area contributed by atoms with E-state index in [4.69, 9.17) is 38.3 Å². The molecule has 2 N–H and O–H groups in total. The average Bonchev–Trinajstić information content (AvgIpc) is 3.88. The smallest absolute Gasteiger partial charge is 0.478 e. The molecule has 2 aliphatic rings. The predicted molar refractivity (Wildman–Crippen MR) is 219 cm³/mol. The minimum atomic E-state index is -4.57. The second kappa shape index (κ2) is 22.3. The van der Waals surface area contributed by atoms with Gasteiger partial charge in [0, 0.05) is 13.2 Å². The molecule has 2 aromatic heterocycles. The molecule has 6 atom stereocenters. The number of ether oxygens (including phenoxy) is 4. The highest BCUT2D eigenvalue weighted by molar-refractivity contribution is 7.48. The van der Waals surface area contributed by atoms with E-state index in [1.807, 2.05) is 6.07 Å². The molecule has 0 amide bonds. The fourth-order valence-corrected chi connectivity index (χ4v) is 8.91. The summed E-state index contributed by atoms with van der Waals surface area (Å²) < 4.78 is 72.2. The van der Waals surface area contributed by atoms with Gasteiger partial charge in [0.1, 0.15) is 53.9 Å². The van der Waals surface area contributed by atoms with Crippen LogP contribution in [0.1, 0.15) is 154 Å². The fraction of sp³-hybridized carbons (Fsp3) is 0.674. The number of fused-ring (bicyclic) bond motifs is 2. The van der Waals surface area contributed by atoms with Crippen LogP contribution in [-0.4, -0.2) is 58.2 Å². The van der Waals surface area contributed by atoms with Crippen LogP contribution in [-0.2, 0) is 32.3 Å². The molecule has 0 saturated carbocycles. The van der Waals surface area contributed by atoms with Crippen molar-refractivity contribution in [3.8, 4) is 17.9 Å². The van der Waals surface area contributed by atoms with Gasteiger partial charge in [0.25, 0.3) is 5.79 Å². The molecule has 2 saturated heterocycles. The van der Waals surface area contributed by atoms with E-state index in [9.17, 15) is 19.5 Å². The first-order valence-electron chi connectivity index (χ1n) is 21.4. The molecule has 2 aliphatic heterocycles. The highest BCUT2D eigenvalue weighted by Crippen LogP contribution is 2.59. The third-order valence-electron chi connectivity index (χ3n) is 10.9. The average molecular weight is 841 g/mol. The van der Waals surface area contributed by atoms with Crippen LogP contribution in [0.25, 0.3) is 5.52 Å². The monoisotopic (exact) mass is 840 g/mol. The number of nitrogen functional groups attached to an aromatic ring is 1. The first-order chi connectivity index (χ1) is 28.5. The van der Waals surface area contributed by atoms with Crippen LogP contribution in [0.15, 0.2) is 36.7 Å². The van der Waals surface area contributed by atoms with Gasteiger partial charge in [-0.05, 0) is 51.0 Å². The largest absolute Gasteiger partial charge is 0.488 e. The maximum Gasteiger partial charge on any atom is 0.478 e. The van der Waals surface area contributed by atoms with Gasteiger partial charge in [-0.1, -0.05) is 110 Å². The predicted octanol–water partition coefficient (Wildman–Crippen LogP) is 10.4. The Bertz CT molecular complexity index is 1920. The third-order valence-corrected chi connectivity index (χ3v) is 12.4. The van der Waals surface area contributed by atoms with Gasteiger partial charge in [0.2, 0.25) is 0 Å². The van der Waals surface area contributed by atoms with Crippen molar-refractivity contribution in [3.63, 3.8) is 0 Å². The Hall–Kier alpha value is -3.66. The van der Waals surface area contributed by atoms with Crippen LogP contribution in [0.5, 0.6) is 5.75 Å². The summed E-state index contributed by atoms with van der Waals surface area (Å²) in [4.78, 5) is 4.03. The maximum atomic E-state index is 14.6. The molecule has 2 unspecified atom stereocenters. The van der Waals surface area contributed by atoms with Crippen molar-refractivity contribution in [3.05, 3.63) is 53.7 Å². The number of hydrogen-bond donors (Lipinski definition) is 1. The zero-order valence-electron chi connectivity index (χ0n) is 35.1. The second-order valence-corrected chi connectivity index (χ2v) is 17.7. The van der Waals surface area contributed by atoms with Gasteiger partial charge >= 0.3 is 7.82 Å². The number of phosphoric ester groups is 1. The van der Waals surface area contributed by atoms with Gasteiger partial charge in [0.15, 0.2) is 17.7 Å². The van der Waals surface area contributed by atoms with Crippen molar-refractivity contribution in [1.82, 2.24) is 14.6 Å². The summed E-state index contributed by atoms with van der Waals surface area (Å²) in [6.45, 7) is 5.32. The molecule has 16 heteroatoms. The number of nitrogens with zero attached hydrogens (tertiary/aromatic N) is 5.